The third kappa shape index (κ3) is 3.30. The van der Waals surface area contributed by atoms with Gasteiger partial charge in [0, 0.05) is 32.4 Å². The number of likely N-dealkylation sites (tertiary alicyclic amines) is 1. The number of nitrogens with zero attached hydrogens (tertiary/aromatic N) is 3. The average molecular weight is 274 g/mol. The lowest BCUT2D eigenvalue weighted by Gasteiger charge is -2.34. The Hall–Kier alpha value is -1.13. The van der Waals surface area contributed by atoms with E-state index in [-0.39, 0.29) is 0 Å². The molecule has 0 radical (unpaired) electrons. The van der Waals surface area contributed by atoms with Crippen LogP contribution < -0.4 is 10.6 Å². The van der Waals surface area contributed by atoms with Crippen LogP contribution in [0.4, 0.5) is 5.82 Å². The van der Waals surface area contributed by atoms with Gasteiger partial charge in [0.1, 0.15) is 5.82 Å². The molecular formula is C16H26N4. The summed E-state index contributed by atoms with van der Waals surface area (Å²) in [5, 5.41) is 0. The molecule has 0 amide bonds. The van der Waals surface area contributed by atoms with Gasteiger partial charge in [0.2, 0.25) is 0 Å². The number of hydrogen-bond acceptors (Lipinski definition) is 4. The second-order valence-electron chi connectivity index (χ2n) is 6.16. The van der Waals surface area contributed by atoms with Crippen LogP contribution in [-0.4, -0.2) is 42.6 Å². The van der Waals surface area contributed by atoms with E-state index in [1.54, 1.807) is 0 Å². The van der Waals surface area contributed by atoms with Crippen molar-refractivity contribution in [3.63, 3.8) is 0 Å². The highest BCUT2D eigenvalue weighted by atomic mass is 15.2. The zero-order valence-electron chi connectivity index (χ0n) is 12.3. The summed E-state index contributed by atoms with van der Waals surface area (Å²) in [6.07, 6.45) is 7.27. The molecule has 0 saturated carbocycles. The van der Waals surface area contributed by atoms with Crippen LogP contribution in [0, 0.1) is 5.92 Å². The first kappa shape index (κ1) is 13.8. The lowest BCUT2D eigenvalue weighted by Crippen LogP contribution is -2.38. The minimum absolute atomic E-state index is 0.598. The minimum Gasteiger partial charge on any atom is -0.357 e. The normalized spacial score (nSPS) is 21.6. The third-order valence-corrected chi connectivity index (χ3v) is 4.70. The summed E-state index contributed by atoms with van der Waals surface area (Å²) in [5.74, 6) is 1.98. The van der Waals surface area contributed by atoms with Crippen molar-refractivity contribution in [2.75, 3.05) is 37.6 Å². The predicted molar refractivity (Wildman–Crippen MR) is 82.7 cm³/mol. The number of hydrogen-bond donors (Lipinski definition) is 1. The van der Waals surface area contributed by atoms with E-state index in [1.807, 2.05) is 12.3 Å². The monoisotopic (exact) mass is 274 g/mol. The van der Waals surface area contributed by atoms with Crippen molar-refractivity contribution in [3.8, 4) is 0 Å². The molecule has 110 valence electrons. The van der Waals surface area contributed by atoms with E-state index in [1.165, 1.54) is 50.9 Å². The number of anilines is 1. The summed E-state index contributed by atoms with van der Waals surface area (Å²) in [6, 6.07) is 4.14. The molecule has 3 heterocycles. The van der Waals surface area contributed by atoms with Crippen LogP contribution >= 0.6 is 0 Å². The molecule has 4 nitrogen and oxygen atoms in total. The Labute approximate surface area is 122 Å². The van der Waals surface area contributed by atoms with E-state index in [4.69, 9.17) is 5.73 Å². The summed E-state index contributed by atoms with van der Waals surface area (Å²) in [4.78, 5) is 9.56. The van der Waals surface area contributed by atoms with Crippen molar-refractivity contribution in [2.24, 2.45) is 11.7 Å². The number of rotatable bonds is 4. The minimum atomic E-state index is 0.598. The molecule has 3 rings (SSSR count). The van der Waals surface area contributed by atoms with Crippen LogP contribution in [0.25, 0.3) is 0 Å². The van der Waals surface area contributed by atoms with Crippen LogP contribution in [0.1, 0.15) is 31.2 Å². The zero-order chi connectivity index (χ0) is 13.8. The second kappa shape index (κ2) is 6.55. The first-order valence-electron chi connectivity index (χ1n) is 7.97. The van der Waals surface area contributed by atoms with Gasteiger partial charge in [-0.05, 0) is 62.4 Å². The second-order valence-corrected chi connectivity index (χ2v) is 6.16. The first-order valence-corrected chi connectivity index (χ1v) is 7.97. The molecule has 20 heavy (non-hydrogen) atoms. The third-order valence-electron chi connectivity index (χ3n) is 4.70. The lowest BCUT2D eigenvalue weighted by molar-refractivity contribution is 0.249. The Morgan fingerprint density at radius 3 is 2.60 bits per heavy atom. The molecule has 0 aromatic carbocycles. The van der Waals surface area contributed by atoms with Crippen LogP contribution in [0.2, 0.25) is 0 Å². The first-order chi connectivity index (χ1) is 9.85. The maximum atomic E-state index is 5.71. The summed E-state index contributed by atoms with van der Waals surface area (Å²) in [7, 11) is 0. The molecule has 2 fully saturated rings. The Morgan fingerprint density at radius 1 is 1.15 bits per heavy atom. The molecule has 2 saturated heterocycles. The summed E-state index contributed by atoms with van der Waals surface area (Å²) >= 11 is 0. The molecule has 0 bridgehead atoms. The van der Waals surface area contributed by atoms with Crippen molar-refractivity contribution >= 4 is 5.82 Å². The smallest absolute Gasteiger partial charge is 0.128 e. The van der Waals surface area contributed by atoms with Crippen LogP contribution in [0.3, 0.4) is 0 Å². The quantitative estimate of drug-likeness (QED) is 0.910. The number of aromatic nitrogens is 1. The standard InChI is InChI=1S/C16H26N4/c17-12-15-3-6-18-16(11-15)20-9-4-14(5-10-20)13-19-7-1-2-8-19/h3,6,11,14H,1-2,4-5,7-10,12-13,17H2. The van der Waals surface area contributed by atoms with Gasteiger partial charge in [0.25, 0.3) is 0 Å². The van der Waals surface area contributed by atoms with Gasteiger partial charge in [-0.25, -0.2) is 4.98 Å². The molecule has 0 unspecified atom stereocenters. The van der Waals surface area contributed by atoms with E-state index in [0.29, 0.717) is 6.54 Å². The largest absolute Gasteiger partial charge is 0.357 e. The highest BCUT2D eigenvalue weighted by Crippen LogP contribution is 2.24. The van der Waals surface area contributed by atoms with E-state index in [0.717, 1.165) is 24.8 Å². The summed E-state index contributed by atoms with van der Waals surface area (Å²) < 4.78 is 0. The SMILES string of the molecule is NCc1ccnc(N2CCC(CN3CCCC3)CC2)c1. The Balaban J connectivity index is 1.52. The predicted octanol–water partition coefficient (Wildman–Crippen LogP) is 1.85. The summed E-state index contributed by atoms with van der Waals surface area (Å²) in [6.45, 7) is 6.82. The van der Waals surface area contributed by atoms with Gasteiger partial charge in [0.15, 0.2) is 0 Å². The van der Waals surface area contributed by atoms with Crippen molar-refractivity contribution < 1.29 is 0 Å². The fraction of sp³-hybridized carbons (Fsp3) is 0.688. The van der Waals surface area contributed by atoms with Crippen molar-refractivity contribution in [3.05, 3.63) is 23.9 Å². The molecule has 0 atom stereocenters. The number of nitrogens with two attached hydrogens (primary N) is 1. The number of pyridine rings is 1. The van der Waals surface area contributed by atoms with Gasteiger partial charge in [-0.15, -0.1) is 0 Å². The fourth-order valence-electron chi connectivity index (χ4n) is 3.44. The van der Waals surface area contributed by atoms with Gasteiger partial charge in [0.05, 0.1) is 0 Å². The molecular weight excluding hydrogens is 248 g/mol. The Kier molecular flexibility index (Phi) is 4.53. The van der Waals surface area contributed by atoms with Crippen molar-refractivity contribution in [2.45, 2.75) is 32.2 Å². The van der Waals surface area contributed by atoms with Gasteiger partial charge in [-0.1, -0.05) is 0 Å². The molecule has 4 heteroatoms. The van der Waals surface area contributed by atoms with E-state index in [2.05, 4.69) is 20.9 Å². The van der Waals surface area contributed by atoms with Crippen LogP contribution in [-0.2, 0) is 6.54 Å². The summed E-state index contributed by atoms with van der Waals surface area (Å²) in [5.41, 5.74) is 6.89. The van der Waals surface area contributed by atoms with Gasteiger partial charge >= 0.3 is 0 Å². The maximum Gasteiger partial charge on any atom is 0.128 e. The topological polar surface area (TPSA) is 45.4 Å². The van der Waals surface area contributed by atoms with Crippen molar-refractivity contribution in [1.29, 1.82) is 0 Å². The van der Waals surface area contributed by atoms with Gasteiger partial charge in [-0.2, -0.15) is 0 Å². The highest BCUT2D eigenvalue weighted by Gasteiger charge is 2.23. The lowest BCUT2D eigenvalue weighted by atomic mass is 9.96. The van der Waals surface area contributed by atoms with Gasteiger partial charge in [-0.3, -0.25) is 0 Å². The Bertz CT molecular complexity index is 420. The average Bonchev–Trinajstić information content (AvgIpc) is 3.01. The fourth-order valence-corrected chi connectivity index (χ4v) is 3.44. The molecule has 0 spiro atoms. The van der Waals surface area contributed by atoms with E-state index < -0.39 is 0 Å². The molecule has 2 N–H and O–H groups in total. The molecule has 0 aliphatic carbocycles. The highest BCUT2D eigenvalue weighted by molar-refractivity contribution is 5.41. The van der Waals surface area contributed by atoms with E-state index in [9.17, 15) is 0 Å². The molecule has 1 aromatic rings. The Morgan fingerprint density at radius 2 is 1.90 bits per heavy atom. The number of piperidine rings is 1. The molecule has 2 aliphatic rings. The van der Waals surface area contributed by atoms with Crippen molar-refractivity contribution in [1.82, 2.24) is 9.88 Å². The molecule has 2 aliphatic heterocycles. The maximum absolute atomic E-state index is 5.71. The van der Waals surface area contributed by atoms with Crippen LogP contribution in [0.15, 0.2) is 18.3 Å². The van der Waals surface area contributed by atoms with Gasteiger partial charge < -0.3 is 15.5 Å². The molecule has 1 aromatic heterocycles. The van der Waals surface area contributed by atoms with Crippen LogP contribution in [0.5, 0.6) is 0 Å². The van der Waals surface area contributed by atoms with E-state index >= 15 is 0 Å². The zero-order valence-corrected chi connectivity index (χ0v) is 12.3.